The molecule has 9 aromatic carbocycles. The molecule has 0 atom stereocenters. The number of rotatable bonds is 4. The van der Waals surface area contributed by atoms with E-state index in [0.717, 1.165) is 71.9 Å². The van der Waals surface area contributed by atoms with E-state index in [-0.39, 0.29) is 5.41 Å². The standard InChI is InChI=1S/C55H36N2O/c1-55(2)46-24-12-23-43(52(46)44-28-34-16-6-8-18-36(34)30-47(44)55)49-32-48(56-54(57-49)33-14-4-3-5-15-33)41-27-26-40(38-20-10-11-21-39(38)41)42-22-13-25-50-53(42)45-29-35-17-7-9-19-37(35)31-51(45)58-50/h3-32H,1-2H3. The highest BCUT2D eigenvalue weighted by Gasteiger charge is 2.37. The highest BCUT2D eigenvalue weighted by atomic mass is 16.3. The molecule has 0 saturated heterocycles. The van der Waals surface area contributed by atoms with Crippen molar-refractivity contribution < 1.29 is 4.42 Å². The van der Waals surface area contributed by atoms with E-state index >= 15 is 0 Å². The van der Waals surface area contributed by atoms with Crippen LogP contribution < -0.4 is 0 Å². The van der Waals surface area contributed by atoms with Crippen LogP contribution in [-0.4, -0.2) is 9.97 Å². The van der Waals surface area contributed by atoms with E-state index in [1.807, 2.05) is 6.07 Å². The molecule has 0 fully saturated rings. The summed E-state index contributed by atoms with van der Waals surface area (Å²) in [5, 5.41) is 9.43. The SMILES string of the molecule is CC1(C)c2cc3ccccc3cc2-c2c(-c3cc(-c4ccc(-c5cccc6oc7cc8ccccc8cc7c56)c5ccccc45)nc(-c4ccccc4)n3)cccc21. The Labute approximate surface area is 335 Å². The molecule has 0 unspecified atom stereocenters. The second kappa shape index (κ2) is 12.3. The summed E-state index contributed by atoms with van der Waals surface area (Å²) in [7, 11) is 0. The summed E-state index contributed by atoms with van der Waals surface area (Å²) < 4.78 is 6.51. The van der Waals surface area contributed by atoms with Crippen molar-refractivity contribution >= 4 is 54.3 Å². The van der Waals surface area contributed by atoms with Gasteiger partial charge in [0.1, 0.15) is 11.2 Å². The van der Waals surface area contributed by atoms with E-state index in [1.54, 1.807) is 0 Å². The van der Waals surface area contributed by atoms with Gasteiger partial charge >= 0.3 is 0 Å². The molecule has 0 saturated carbocycles. The van der Waals surface area contributed by atoms with Gasteiger partial charge in [-0.15, -0.1) is 0 Å². The maximum absolute atomic E-state index is 6.51. The molecule has 0 aliphatic heterocycles. The molecule has 1 aliphatic rings. The monoisotopic (exact) mass is 740 g/mol. The number of furan rings is 1. The first-order chi connectivity index (χ1) is 28.5. The van der Waals surface area contributed by atoms with Crippen LogP contribution in [-0.2, 0) is 5.41 Å². The normalized spacial score (nSPS) is 13.1. The summed E-state index contributed by atoms with van der Waals surface area (Å²) in [6.07, 6.45) is 0. The lowest BCUT2D eigenvalue weighted by Gasteiger charge is -2.22. The van der Waals surface area contributed by atoms with E-state index in [9.17, 15) is 0 Å². The predicted molar refractivity (Wildman–Crippen MR) is 241 cm³/mol. The zero-order valence-corrected chi connectivity index (χ0v) is 32.1. The molecule has 2 aromatic heterocycles. The van der Waals surface area contributed by atoms with Crippen molar-refractivity contribution in [1.82, 2.24) is 9.97 Å². The van der Waals surface area contributed by atoms with E-state index in [4.69, 9.17) is 14.4 Å². The molecule has 3 heteroatoms. The Hall–Kier alpha value is -7.36. The van der Waals surface area contributed by atoms with Gasteiger partial charge in [0.05, 0.1) is 11.4 Å². The van der Waals surface area contributed by atoms with Crippen molar-refractivity contribution in [3.05, 3.63) is 193 Å². The first-order valence-electron chi connectivity index (χ1n) is 20.0. The van der Waals surface area contributed by atoms with Gasteiger partial charge in [0, 0.05) is 32.9 Å². The molecule has 2 heterocycles. The van der Waals surface area contributed by atoms with Crippen LogP contribution in [0.3, 0.4) is 0 Å². The Morgan fingerprint density at radius 1 is 0.397 bits per heavy atom. The summed E-state index contributed by atoms with van der Waals surface area (Å²) in [4.78, 5) is 10.7. The zero-order chi connectivity index (χ0) is 38.5. The van der Waals surface area contributed by atoms with Crippen LogP contribution in [0.4, 0.5) is 0 Å². The van der Waals surface area contributed by atoms with Crippen LogP contribution in [0, 0.1) is 0 Å². The Balaban J connectivity index is 1.08. The predicted octanol–water partition coefficient (Wildman–Crippen LogP) is 14.8. The van der Waals surface area contributed by atoms with Crippen LogP contribution in [0.5, 0.6) is 0 Å². The van der Waals surface area contributed by atoms with Gasteiger partial charge in [-0.3, -0.25) is 0 Å². The second-order valence-corrected chi connectivity index (χ2v) is 16.1. The Kier molecular flexibility index (Phi) is 6.98. The van der Waals surface area contributed by atoms with Crippen molar-refractivity contribution in [1.29, 1.82) is 0 Å². The number of hydrogen-bond donors (Lipinski definition) is 0. The summed E-state index contributed by atoms with van der Waals surface area (Å²) >= 11 is 0. The van der Waals surface area contributed by atoms with E-state index in [1.165, 1.54) is 43.8 Å². The number of fused-ring (bicyclic) bond motifs is 9. The van der Waals surface area contributed by atoms with Crippen molar-refractivity contribution in [3.8, 4) is 56.2 Å². The minimum absolute atomic E-state index is 0.162. The van der Waals surface area contributed by atoms with Gasteiger partial charge in [-0.25, -0.2) is 9.97 Å². The van der Waals surface area contributed by atoms with E-state index < -0.39 is 0 Å². The first kappa shape index (κ1) is 32.8. The van der Waals surface area contributed by atoms with Gasteiger partial charge in [0.2, 0.25) is 0 Å². The molecule has 1 aliphatic carbocycles. The van der Waals surface area contributed by atoms with Crippen LogP contribution >= 0.6 is 0 Å². The Morgan fingerprint density at radius 3 is 1.78 bits per heavy atom. The molecule has 3 nitrogen and oxygen atoms in total. The highest BCUT2D eigenvalue weighted by Crippen LogP contribution is 2.53. The van der Waals surface area contributed by atoms with Crippen LogP contribution in [0.1, 0.15) is 25.0 Å². The molecule has 0 amide bonds. The second-order valence-electron chi connectivity index (χ2n) is 16.1. The molecule has 0 bridgehead atoms. The van der Waals surface area contributed by atoms with Gasteiger partial charge in [0.15, 0.2) is 5.82 Å². The maximum atomic E-state index is 6.51. The molecular weight excluding hydrogens is 705 g/mol. The van der Waals surface area contributed by atoms with Crippen molar-refractivity contribution in [2.24, 2.45) is 0 Å². The lowest BCUT2D eigenvalue weighted by molar-refractivity contribution is 0.661. The zero-order valence-electron chi connectivity index (χ0n) is 32.1. The molecule has 0 radical (unpaired) electrons. The van der Waals surface area contributed by atoms with Gasteiger partial charge in [0.25, 0.3) is 0 Å². The molecule has 0 N–H and O–H groups in total. The van der Waals surface area contributed by atoms with Gasteiger partial charge in [-0.2, -0.15) is 0 Å². The summed E-state index contributed by atoms with van der Waals surface area (Å²) in [6, 6.07) is 65.3. The quantitative estimate of drug-likeness (QED) is 0.180. The minimum Gasteiger partial charge on any atom is -0.456 e. The molecule has 58 heavy (non-hydrogen) atoms. The first-order valence-corrected chi connectivity index (χ1v) is 20.0. The van der Waals surface area contributed by atoms with E-state index in [0.29, 0.717) is 5.82 Å². The molecule has 11 aromatic rings. The van der Waals surface area contributed by atoms with Crippen LogP contribution in [0.25, 0.3) is 110 Å². The van der Waals surface area contributed by atoms with Crippen LogP contribution in [0.2, 0.25) is 0 Å². The lowest BCUT2D eigenvalue weighted by Crippen LogP contribution is -2.14. The number of benzene rings is 9. The molecular formula is C55H36N2O. The van der Waals surface area contributed by atoms with Gasteiger partial charge in [-0.05, 0) is 102 Å². The number of aromatic nitrogens is 2. The third-order valence-electron chi connectivity index (χ3n) is 12.5. The fourth-order valence-corrected chi connectivity index (χ4v) is 9.62. The molecule has 272 valence electrons. The molecule has 12 rings (SSSR count). The third kappa shape index (κ3) is 4.86. The van der Waals surface area contributed by atoms with E-state index in [2.05, 4.69) is 190 Å². The molecule has 0 spiro atoms. The summed E-state index contributed by atoms with van der Waals surface area (Å²) in [6.45, 7) is 4.69. The number of nitrogens with zero attached hydrogens (tertiary/aromatic N) is 2. The number of hydrogen-bond acceptors (Lipinski definition) is 3. The van der Waals surface area contributed by atoms with Crippen LogP contribution in [0.15, 0.2) is 186 Å². The fraction of sp³-hybridized carbons (Fsp3) is 0.0545. The average molecular weight is 741 g/mol. The summed E-state index contributed by atoms with van der Waals surface area (Å²) in [5.41, 5.74) is 14.1. The van der Waals surface area contributed by atoms with Gasteiger partial charge < -0.3 is 4.42 Å². The lowest BCUT2D eigenvalue weighted by atomic mass is 9.81. The topological polar surface area (TPSA) is 38.9 Å². The largest absolute Gasteiger partial charge is 0.456 e. The smallest absolute Gasteiger partial charge is 0.160 e. The van der Waals surface area contributed by atoms with Gasteiger partial charge in [-0.1, -0.05) is 159 Å². The van der Waals surface area contributed by atoms with Crippen molar-refractivity contribution in [2.75, 3.05) is 0 Å². The summed E-state index contributed by atoms with van der Waals surface area (Å²) in [5.74, 6) is 0.705. The van der Waals surface area contributed by atoms with Crippen molar-refractivity contribution in [3.63, 3.8) is 0 Å². The maximum Gasteiger partial charge on any atom is 0.160 e. The fourth-order valence-electron chi connectivity index (χ4n) is 9.62. The third-order valence-corrected chi connectivity index (χ3v) is 12.5. The Morgan fingerprint density at radius 2 is 1.00 bits per heavy atom. The minimum atomic E-state index is -0.162. The highest BCUT2D eigenvalue weighted by molar-refractivity contribution is 6.18. The van der Waals surface area contributed by atoms with Crippen molar-refractivity contribution in [2.45, 2.75) is 19.3 Å². The average Bonchev–Trinajstić information content (AvgIpc) is 3.75. The Bertz CT molecular complexity index is 3480.